The molecule has 0 unspecified atom stereocenters. The highest BCUT2D eigenvalue weighted by molar-refractivity contribution is 7.92. The first-order valence-electron chi connectivity index (χ1n) is 8.76. The number of benzene rings is 2. The molecular weight excluding hydrogens is 410 g/mol. The van der Waals surface area contributed by atoms with Crippen LogP contribution in [0, 0.1) is 13.8 Å². The number of nitrogens with zero attached hydrogens (tertiary/aromatic N) is 1. The van der Waals surface area contributed by atoms with E-state index < -0.39 is 10.0 Å². The van der Waals surface area contributed by atoms with E-state index in [4.69, 9.17) is 4.74 Å². The molecule has 7 nitrogen and oxygen atoms in total. The number of ether oxygens (including phenoxy) is 1. The van der Waals surface area contributed by atoms with Crippen molar-refractivity contribution in [3.8, 4) is 5.75 Å². The Kier molecular flexibility index (Phi) is 6.19. The minimum absolute atomic E-state index is 0.0288. The monoisotopic (exact) mass is 431 g/mol. The number of amides is 1. The second kappa shape index (κ2) is 8.62. The first kappa shape index (κ1) is 20.8. The maximum absolute atomic E-state index is 12.9. The fraction of sp³-hybridized carbons (Fsp3) is 0.200. The number of aromatic nitrogens is 1. The summed E-state index contributed by atoms with van der Waals surface area (Å²) in [7, 11) is -2.45. The lowest BCUT2D eigenvalue weighted by atomic mass is 10.1. The van der Waals surface area contributed by atoms with Crippen LogP contribution in [0.25, 0.3) is 0 Å². The lowest BCUT2D eigenvalue weighted by Crippen LogP contribution is -2.23. The van der Waals surface area contributed by atoms with Gasteiger partial charge in [0.15, 0.2) is 0 Å². The normalized spacial score (nSPS) is 11.1. The molecule has 1 amide bonds. The molecule has 0 aliphatic rings. The van der Waals surface area contributed by atoms with Gasteiger partial charge in [-0.15, -0.1) is 11.3 Å². The van der Waals surface area contributed by atoms with Crippen LogP contribution in [0.2, 0.25) is 0 Å². The van der Waals surface area contributed by atoms with Gasteiger partial charge < -0.3 is 10.1 Å². The van der Waals surface area contributed by atoms with E-state index in [1.54, 1.807) is 43.3 Å². The maximum Gasteiger partial charge on any atom is 0.262 e. The molecule has 0 bridgehead atoms. The molecule has 29 heavy (non-hydrogen) atoms. The van der Waals surface area contributed by atoms with Crippen molar-refractivity contribution in [2.75, 3.05) is 11.8 Å². The van der Waals surface area contributed by atoms with Crippen LogP contribution >= 0.6 is 11.3 Å². The Morgan fingerprint density at radius 3 is 2.62 bits per heavy atom. The first-order valence-corrected chi connectivity index (χ1v) is 11.1. The summed E-state index contributed by atoms with van der Waals surface area (Å²) in [4.78, 5) is 16.8. The van der Waals surface area contributed by atoms with E-state index in [1.165, 1.54) is 24.5 Å². The number of nitrogens with one attached hydrogen (secondary N) is 2. The van der Waals surface area contributed by atoms with Crippen molar-refractivity contribution < 1.29 is 17.9 Å². The van der Waals surface area contributed by atoms with Gasteiger partial charge in [-0.25, -0.2) is 13.4 Å². The van der Waals surface area contributed by atoms with Crippen molar-refractivity contribution in [1.29, 1.82) is 0 Å². The fourth-order valence-corrected chi connectivity index (χ4v) is 4.76. The number of rotatable bonds is 7. The zero-order chi connectivity index (χ0) is 21.0. The molecule has 2 aromatic carbocycles. The number of sulfonamides is 1. The molecule has 3 aromatic rings. The smallest absolute Gasteiger partial charge is 0.262 e. The van der Waals surface area contributed by atoms with Gasteiger partial charge in [-0.05, 0) is 43.7 Å². The molecule has 0 saturated heterocycles. The highest BCUT2D eigenvalue weighted by Gasteiger charge is 2.21. The number of hydrogen-bond donors (Lipinski definition) is 2. The molecule has 2 N–H and O–H groups in total. The standard InChI is InChI=1S/C20H21N3O4S2/c1-13-8-9-15(20(24)21-11-19-22-14(2)12-28-19)10-18(13)29(25,26)23-16-6-4-5-7-17(16)27-3/h4-10,12,23H,11H2,1-3H3,(H,21,24). The third-order valence-electron chi connectivity index (χ3n) is 4.16. The van der Waals surface area contributed by atoms with Crippen LogP contribution in [0.15, 0.2) is 52.7 Å². The molecule has 9 heteroatoms. The van der Waals surface area contributed by atoms with Gasteiger partial charge in [-0.2, -0.15) is 0 Å². The zero-order valence-electron chi connectivity index (χ0n) is 16.2. The summed E-state index contributed by atoms with van der Waals surface area (Å²) in [5.41, 5.74) is 2.00. The average Bonchev–Trinajstić information content (AvgIpc) is 3.11. The van der Waals surface area contributed by atoms with E-state index in [0.29, 0.717) is 17.0 Å². The predicted molar refractivity (Wildman–Crippen MR) is 113 cm³/mol. The summed E-state index contributed by atoms with van der Waals surface area (Å²) in [6.07, 6.45) is 0. The number of aryl methyl sites for hydroxylation is 2. The highest BCUT2D eigenvalue weighted by atomic mass is 32.2. The molecule has 1 heterocycles. The van der Waals surface area contributed by atoms with Crippen LogP contribution in [0.1, 0.15) is 26.6 Å². The molecule has 1 aromatic heterocycles. The van der Waals surface area contributed by atoms with E-state index in [-0.39, 0.29) is 22.9 Å². The van der Waals surface area contributed by atoms with E-state index in [1.807, 2.05) is 12.3 Å². The molecule has 0 radical (unpaired) electrons. The molecule has 0 aliphatic heterocycles. The molecular formula is C20H21N3O4S2. The molecule has 152 valence electrons. The minimum atomic E-state index is -3.92. The molecule has 0 atom stereocenters. The zero-order valence-corrected chi connectivity index (χ0v) is 17.9. The summed E-state index contributed by atoms with van der Waals surface area (Å²) in [6.45, 7) is 3.84. The van der Waals surface area contributed by atoms with E-state index in [9.17, 15) is 13.2 Å². The van der Waals surface area contributed by atoms with Crippen molar-refractivity contribution in [2.45, 2.75) is 25.3 Å². The largest absolute Gasteiger partial charge is 0.495 e. The topological polar surface area (TPSA) is 97.4 Å². The number of methoxy groups -OCH3 is 1. The van der Waals surface area contributed by atoms with E-state index in [2.05, 4.69) is 15.0 Å². The Labute approximate surface area is 173 Å². The molecule has 0 fully saturated rings. The molecule has 3 rings (SSSR count). The van der Waals surface area contributed by atoms with Crippen LogP contribution < -0.4 is 14.8 Å². The van der Waals surface area contributed by atoms with E-state index >= 15 is 0 Å². The number of anilines is 1. The fourth-order valence-electron chi connectivity index (χ4n) is 2.70. The summed E-state index contributed by atoms with van der Waals surface area (Å²) >= 11 is 1.46. The summed E-state index contributed by atoms with van der Waals surface area (Å²) in [5.74, 6) is 0.0351. The van der Waals surface area contributed by atoms with Crippen LogP contribution in [-0.2, 0) is 16.6 Å². The predicted octanol–water partition coefficient (Wildman–Crippen LogP) is 3.50. The average molecular weight is 432 g/mol. The van der Waals surface area contributed by atoms with Crippen molar-refractivity contribution in [1.82, 2.24) is 10.3 Å². The van der Waals surface area contributed by atoms with Crippen LogP contribution in [0.3, 0.4) is 0 Å². The third kappa shape index (κ3) is 4.93. The third-order valence-corrected chi connectivity index (χ3v) is 6.63. The quantitative estimate of drug-likeness (QED) is 0.597. The number of thiazole rings is 1. The molecule has 0 saturated carbocycles. The van der Waals surface area contributed by atoms with Crippen LogP contribution in [0.5, 0.6) is 5.75 Å². The SMILES string of the molecule is COc1ccccc1NS(=O)(=O)c1cc(C(=O)NCc2nc(C)cs2)ccc1C. The Morgan fingerprint density at radius 2 is 1.93 bits per heavy atom. The van der Waals surface area contributed by atoms with Crippen molar-refractivity contribution in [3.05, 3.63) is 69.7 Å². The minimum Gasteiger partial charge on any atom is -0.495 e. The Hall–Kier alpha value is -2.91. The number of hydrogen-bond acceptors (Lipinski definition) is 6. The highest BCUT2D eigenvalue weighted by Crippen LogP contribution is 2.27. The second-order valence-electron chi connectivity index (χ2n) is 6.35. The summed E-state index contributed by atoms with van der Waals surface area (Å²) < 4.78 is 33.6. The van der Waals surface area contributed by atoms with Crippen LogP contribution in [-0.4, -0.2) is 26.4 Å². The van der Waals surface area contributed by atoms with Crippen molar-refractivity contribution in [3.63, 3.8) is 0 Å². The summed E-state index contributed by atoms with van der Waals surface area (Å²) in [5, 5.41) is 5.46. The van der Waals surface area contributed by atoms with Gasteiger partial charge in [-0.1, -0.05) is 18.2 Å². The van der Waals surface area contributed by atoms with Gasteiger partial charge in [-0.3, -0.25) is 9.52 Å². The molecule has 0 aliphatic carbocycles. The van der Waals surface area contributed by atoms with Gasteiger partial charge in [0.1, 0.15) is 10.8 Å². The Morgan fingerprint density at radius 1 is 1.17 bits per heavy atom. The van der Waals surface area contributed by atoms with Crippen LogP contribution in [0.4, 0.5) is 5.69 Å². The van der Waals surface area contributed by atoms with Gasteiger partial charge in [0, 0.05) is 16.6 Å². The lowest BCUT2D eigenvalue weighted by Gasteiger charge is -2.14. The second-order valence-corrected chi connectivity index (χ2v) is 8.94. The summed E-state index contributed by atoms with van der Waals surface area (Å²) in [6, 6.07) is 11.3. The number of carbonyl (C=O) groups is 1. The Bertz CT molecular complexity index is 1140. The Balaban J connectivity index is 1.83. The maximum atomic E-state index is 12.9. The van der Waals surface area contributed by atoms with Gasteiger partial charge in [0.2, 0.25) is 0 Å². The van der Waals surface area contributed by atoms with Crippen molar-refractivity contribution in [2.24, 2.45) is 0 Å². The number of carbonyl (C=O) groups excluding carboxylic acids is 1. The first-order chi connectivity index (χ1) is 13.8. The molecule has 0 spiro atoms. The number of para-hydroxylation sites is 2. The van der Waals surface area contributed by atoms with E-state index in [0.717, 1.165) is 10.7 Å². The van der Waals surface area contributed by atoms with Gasteiger partial charge in [0.05, 0.1) is 24.2 Å². The van der Waals surface area contributed by atoms with Crippen molar-refractivity contribution >= 4 is 33.0 Å². The lowest BCUT2D eigenvalue weighted by molar-refractivity contribution is 0.0950. The van der Waals surface area contributed by atoms with Gasteiger partial charge in [0.25, 0.3) is 15.9 Å². The van der Waals surface area contributed by atoms with Gasteiger partial charge >= 0.3 is 0 Å².